The van der Waals surface area contributed by atoms with E-state index in [1.807, 2.05) is 4.90 Å². The molecule has 3 amide bonds. The summed E-state index contributed by atoms with van der Waals surface area (Å²) < 4.78 is 9.76. The first kappa shape index (κ1) is 18.1. The van der Waals surface area contributed by atoms with Crippen LogP contribution in [0.2, 0.25) is 0 Å². The van der Waals surface area contributed by atoms with Gasteiger partial charge in [-0.3, -0.25) is 5.32 Å². The Kier molecular flexibility index (Phi) is 6.87. The second kappa shape index (κ2) is 9.12. The van der Waals surface area contributed by atoms with E-state index in [1.165, 1.54) is 7.11 Å². The normalized spacial score (nSPS) is 17.2. The second-order valence-corrected chi connectivity index (χ2v) is 5.96. The van der Waals surface area contributed by atoms with Crippen LogP contribution < -0.4 is 10.6 Å². The fraction of sp³-hybridized carbons (Fsp3) is 0.529. The van der Waals surface area contributed by atoms with Crippen molar-refractivity contribution in [1.82, 2.24) is 4.90 Å². The number of likely N-dealkylation sites (tertiary alicyclic amines) is 1. The van der Waals surface area contributed by atoms with E-state index in [4.69, 9.17) is 9.47 Å². The number of carbonyl (C=O) groups excluding carboxylic acids is 2. The number of methoxy groups -OCH3 is 1. The zero-order valence-electron chi connectivity index (χ0n) is 14.2. The first-order valence-corrected chi connectivity index (χ1v) is 8.17. The SMILES string of the molecule is COCCOC(=O)Nc1cccc(NC(=O)N2CCCC(C)C2)c1. The van der Waals surface area contributed by atoms with Crippen molar-refractivity contribution >= 4 is 23.5 Å². The molecule has 2 rings (SSSR count). The molecular weight excluding hydrogens is 310 g/mol. The van der Waals surface area contributed by atoms with Crippen molar-refractivity contribution < 1.29 is 19.1 Å². The van der Waals surface area contributed by atoms with Gasteiger partial charge in [-0.15, -0.1) is 0 Å². The Labute approximate surface area is 142 Å². The zero-order valence-corrected chi connectivity index (χ0v) is 14.2. The minimum atomic E-state index is -0.555. The van der Waals surface area contributed by atoms with E-state index in [9.17, 15) is 9.59 Å². The van der Waals surface area contributed by atoms with E-state index in [0.29, 0.717) is 23.9 Å². The van der Waals surface area contributed by atoms with E-state index in [0.717, 1.165) is 25.9 Å². The molecule has 1 heterocycles. The Balaban J connectivity index is 1.87. The summed E-state index contributed by atoms with van der Waals surface area (Å²) in [5.41, 5.74) is 1.19. The molecule has 1 unspecified atom stereocenters. The standard InChI is InChI=1S/C17H25N3O4/c1-13-5-4-8-20(12-13)16(21)18-14-6-3-7-15(11-14)19-17(22)24-10-9-23-2/h3,6-7,11,13H,4-5,8-10,12H2,1-2H3,(H,18,21)(H,19,22). The summed E-state index contributed by atoms with van der Waals surface area (Å²) in [6.07, 6.45) is 1.64. The summed E-state index contributed by atoms with van der Waals surface area (Å²) in [6.45, 7) is 4.23. The maximum atomic E-state index is 12.3. The van der Waals surface area contributed by atoms with E-state index in [1.54, 1.807) is 24.3 Å². The molecular formula is C17H25N3O4. The highest BCUT2D eigenvalue weighted by Gasteiger charge is 2.20. The van der Waals surface area contributed by atoms with Crippen LogP contribution in [0.15, 0.2) is 24.3 Å². The van der Waals surface area contributed by atoms with Gasteiger partial charge in [0.25, 0.3) is 0 Å². The van der Waals surface area contributed by atoms with E-state index in [-0.39, 0.29) is 12.6 Å². The molecule has 0 aliphatic carbocycles. The van der Waals surface area contributed by atoms with Gasteiger partial charge in [-0.2, -0.15) is 0 Å². The fourth-order valence-electron chi connectivity index (χ4n) is 2.62. The highest BCUT2D eigenvalue weighted by atomic mass is 16.6. The highest BCUT2D eigenvalue weighted by molar-refractivity contribution is 5.91. The topological polar surface area (TPSA) is 79.9 Å². The molecule has 1 saturated heterocycles. The van der Waals surface area contributed by atoms with Gasteiger partial charge in [-0.25, -0.2) is 9.59 Å². The summed E-state index contributed by atoms with van der Waals surface area (Å²) in [5, 5.41) is 5.49. The van der Waals surface area contributed by atoms with Gasteiger partial charge in [-0.05, 0) is 37.0 Å². The molecule has 1 aromatic rings. The van der Waals surface area contributed by atoms with Gasteiger partial charge in [0.15, 0.2) is 0 Å². The Morgan fingerprint density at radius 1 is 1.25 bits per heavy atom. The van der Waals surface area contributed by atoms with Crippen LogP contribution in [-0.4, -0.2) is 50.4 Å². The minimum absolute atomic E-state index is 0.110. The molecule has 1 atom stereocenters. The van der Waals surface area contributed by atoms with Crippen LogP contribution in [-0.2, 0) is 9.47 Å². The molecule has 0 spiro atoms. The molecule has 2 N–H and O–H groups in total. The summed E-state index contributed by atoms with van der Waals surface area (Å²) in [6, 6.07) is 6.87. The lowest BCUT2D eigenvalue weighted by atomic mass is 10.0. The largest absolute Gasteiger partial charge is 0.447 e. The van der Waals surface area contributed by atoms with E-state index < -0.39 is 6.09 Å². The molecule has 7 nitrogen and oxygen atoms in total. The summed E-state index contributed by atoms with van der Waals surface area (Å²) in [5.74, 6) is 0.527. The van der Waals surface area contributed by atoms with Crippen molar-refractivity contribution in [3.63, 3.8) is 0 Å². The summed E-state index contributed by atoms with van der Waals surface area (Å²) in [7, 11) is 1.54. The number of nitrogens with one attached hydrogen (secondary N) is 2. The third kappa shape index (κ3) is 5.73. The second-order valence-electron chi connectivity index (χ2n) is 5.96. The van der Waals surface area contributed by atoms with Gasteiger partial charge >= 0.3 is 12.1 Å². The number of hydrogen-bond acceptors (Lipinski definition) is 4. The minimum Gasteiger partial charge on any atom is -0.447 e. The predicted molar refractivity (Wildman–Crippen MR) is 92.3 cm³/mol. The van der Waals surface area contributed by atoms with Crippen LogP contribution in [0.3, 0.4) is 0 Å². The van der Waals surface area contributed by atoms with Gasteiger partial charge in [0.2, 0.25) is 0 Å². The summed E-state index contributed by atoms with van der Waals surface area (Å²) >= 11 is 0. The van der Waals surface area contributed by atoms with Crippen LogP contribution in [0.1, 0.15) is 19.8 Å². The number of hydrogen-bond donors (Lipinski definition) is 2. The molecule has 1 aromatic carbocycles. The smallest absolute Gasteiger partial charge is 0.411 e. The number of rotatable bonds is 5. The highest BCUT2D eigenvalue weighted by Crippen LogP contribution is 2.19. The predicted octanol–water partition coefficient (Wildman–Crippen LogP) is 3.15. The number of piperidine rings is 1. The lowest BCUT2D eigenvalue weighted by Crippen LogP contribution is -2.41. The average molecular weight is 335 g/mol. The number of urea groups is 1. The number of amides is 3. The number of nitrogens with zero attached hydrogens (tertiary/aromatic N) is 1. The lowest BCUT2D eigenvalue weighted by molar-refractivity contribution is 0.107. The molecule has 1 aliphatic heterocycles. The van der Waals surface area contributed by atoms with Crippen molar-refractivity contribution in [1.29, 1.82) is 0 Å². The van der Waals surface area contributed by atoms with Crippen LogP contribution in [0.5, 0.6) is 0 Å². The Hall–Kier alpha value is -2.28. The Bertz CT molecular complexity index is 565. The molecule has 0 bridgehead atoms. The Morgan fingerprint density at radius 2 is 2.00 bits per heavy atom. The zero-order chi connectivity index (χ0) is 17.4. The van der Waals surface area contributed by atoms with E-state index in [2.05, 4.69) is 17.6 Å². The van der Waals surface area contributed by atoms with E-state index >= 15 is 0 Å². The Morgan fingerprint density at radius 3 is 2.71 bits per heavy atom. The molecule has 1 fully saturated rings. The fourth-order valence-corrected chi connectivity index (χ4v) is 2.62. The van der Waals surface area contributed by atoms with Crippen LogP contribution in [0, 0.1) is 5.92 Å². The van der Waals surface area contributed by atoms with Crippen molar-refractivity contribution in [2.75, 3.05) is 44.0 Å². The maximum Gasteiger partial charge on any atom is 0.411 e. The third-order valence-corrected chi connectivity index (χ3v) is 3.83. The quantitative estimate of drug-likeness (QED) is 0.810. The number of benzene rings is 1. The first-order chi connectivity index (χ1) is 11.6. The van der Waals surface area contributed by atoms with Crippen LogP contribution in [0.25, 0.3) is 0 Å². The average Bonchev–Trinajstić information content (AvgIpc) is 2.55. The monoisotopic (exact) mass is 335 g/mol. The van der Waals surface area contributed by atoms with Crippen molar-refractivity contribution in [3.8, 4) is 0 Å². The maximum absolute atomic E-state index is 12.3. The molecule has 0 aromatic heterocycles. The number of carbonyl (C=O) groups is 2. The molecule has 1 aliphatic rings. The molecule has 132 valence electrons. The van der Waals surface area contributed by atoms with Crippen LogP contribution in [0.4, 0.5) is 21.0 Å². The van der Waals surface area contributed by atoms with Gasteiger partial charge in [0, 0.05) is 31.6 Å². The number of anilines is 2. The molecule has 0 radical (unpaired) electrons. The van der Waals surface area contributed by atoms with Crippen molar-refractivity contribution in [2.45, 2.75) is 19.8 Å². The molecule has 0 saturated carbocycles. The number of ether oxygens (including phenoxy) is 2. The van der Waals surface area contributed by atoms with Crippen molar-refractivity contribution in [3.05, 3.63) is 24.3 Å². The van der Waals surface area contributed by atoms with Crippen LogP contribution >= 0.6 is 0 Å². The lowest BCUT2D eigenvalue weighted by Gasteiger charge is -2.30. The van der Waals surface area contributed by atoms with Gasteiger partial charge < -0.3 is 19.7 Å². The van der Waals surface area contributed by atoms with Gasteiger partial charge in [0.05, 0.1) is 6.61 Å². The summed E-state index contributed by atoms with van der Waals surface area (Å²) in [4.78, 5) is 25.8. The van der Waals surface area contributed by atoms with Gasteiger partial charge in [0.1, 0.15) is 6.61 Å². The van der Waals surface area contributed by atoms with Gasteiger partial charge in [-0.1, -0.05) is 13.0 Å². The first-order valence-electron chi connectivity index (χ1n) is 8.17. The third-order valence-electron chi connectivity index (χ3n) is 3.83. The molecule has 24 heavy (non-hydrogen) atoms. The molecule has 7 heteroatoms. The van der Waals surface area contributed by atoms with Crippen molar-refractivity contribution in [2.24, 2.45) is 5.92 Å².